The predicted octanol–water partition coefficient (Wildman–Crippen LogP) is -1.02. The molecule has 0 saturated heterocycles. The molecule has 2 N–H and O–H groups in total. The molecule has 0 aliphatic carbocycles. The summed E-state index contributed by atoms with van der Waals surface area (Å²) in [5.41, 5.74) is 0. The molecule has 0 saturated carbocycles. The minimum Gasteiger partial charge on any atom is -0.383 e. The van der Waals surface area contributed by atoms with E-state index in [0.29, 0.717) is 32.2 Å². The second-order valence-corrected chi connectivity index (χ2v) is 4.67. The number of aromatic nitrogens is 3. The molecule has 1 rings (SSSR count). The Morgan fingerprint density at radius 1 is 1.50 bits per heavy atom. The van der Waals surface area contributed by atoms with Crippen molar-refractivity contribution in [3.63, 3.8) is 0 Å². The summed E-state index contributed by atoms with van der Waals surface area (Å²) in [6.07, 6.45) is 1.51. The van der Waals surface area contributed by atoms with Crippen molar-refractivity contribution >= 4 is 11.9 Å². The van der Waals surface area contributed by atoms with Gasteiger partial charge in [-0.15, -0.1) is 0 Å². The van der Waals surface area contributed by atoms with E-state index in [2.05, 4.69) is 25.7 Å². The van der Waals surface area contributed by atoms with E-state index in [0.717, 1.165) is 5.82 Å². The maximum atomic E-state index is 11.7. The number of hydrogen-bond acceptors (Lipinski definition) is 5. The molecule has 9 nitrogen and oxygen atoms in total. The Morgan fingerprint density at radius 2 is 2.27 bits per heavy atom. The highest BCUT2D eigenvalue weighted by Crippen LogP contribution is 1.98. The molecule has 0 aromatic carbocycles. The van der Waals surface area contributed by atoms with Crippen LogP contribution in [0.2, 0.25) is 0 Å². The Kier molecular flexibility index (Phi) is 7.90. The third-order valence-electron chi connectivity index (χ3n) is 2.88. The van der Waals surface area contributed by atoms with Gasteiger partial charge in [-0.05, 0) is 6.92 Å². The van der Waals surface area contributed by atoms with Gasteiger partial charge in [0.25, 0.3) is 0 Å². The second-order valence-electron chi connectivity index (χ2n) is 4.67. The van der Waals surface area contributed by atoms with Gasteiger partial charge < -0.3 is 20.3 Å². The quantitative estimate of drug-likeness (QED) is 0.362. The number of rotatable bonds is 8. The summed E-state index contributed by atoms with van der Waals surface area (Å²) in [6.45, 7) is 4.28. The molecule has 0 radical (unpaired) electrons. The Hall–Kier alpha value is -2.16. The van der Waals surface area contributed by atoms with Crippen LogP contribution in [-0.4, -0.2) is 71.9 Å². The van der Waals surface area contributed by atoms with E-state index < -0.39 is 0 Å². The van der Waals surface area contributed by atoms with Crippen LogP contribution in [0.5, 0.6) is 0 Å². The van der Waals surface area contributed by atoms with Crippen LogP contribution < -0.4 is 10.6 Å². The van der Waals surface area contributed by atoms with Gasteiger partial charge in [0.1, 0.15) is 18.7 Å². The Bertz CT molecular complexity index is 486. The number of ether oxygens (including phenoxy) is 1. The summed E-state index contributed by atoms with van der Waals surface area (Å²) >= 11 is 0. The average molecular weight is 311 g/mol. The average Bonchev–Trinajstić information content (AvgIpc) is 2.89. The molecule has 0 aliphatic heterocycles. The molecular weight excluding hydrogens is 286 g/mol. The molecule has 0 spiro atoms. The first kappa shape index (κ1) is 17.9. The molecular formula is C13H25N7O2. The van der Waals surface area contributed by atoms with Crippen molar-refractivity contribution in [2.24, 2.45) is 12.0 Å². The summed E-state index contributed by atoms with van der Waals surface area (Å²) in [6, 6.07) is 0. The van der Waals surface area contributed by atoms with E-state index in [9.17, 15) is 4.79 Å². The normalized spacial score (nSPS) is 11.4. The van der Waals surface area contributed by atoms with Crippen molar-refractivity contribution in [3.8, 4) is 0 Å². The zero-order chi connectivity index (χ0) is 16.4. The van der Waals surface area contributed by atoms with Crippen LogP contribution in [-0.2, 0) is 23.1 Å². The summed E-state index contributed by atoms with van der Waals surface area (Å²) in [4.78, 5) is 22.1. The second kappa shape index (κ2) is 9.72. The lowest BCUT2D eigenvalue weighted by molar-refractivity contribution is -0.119. The zero-order valence-corrected chi connectivity index (χ0v) is 13.7. The van der Waals surface area contributed by atoms with Crippen molar-refractivity contribution in [1.82, 2.24) is 30.3 Å². The zero-order valence-electron chi connectivity index (χ0n) is 13.7. The van der Waals surface area contributed by atoms with Gasteiger partial charge in [0.2, 0.25) is 5.91 Å². The van der Waals surface area contributed by atoms with Crippen LogP contribution in [0.25, 0.3) is 0 Å². The van der Waals surface area contributed by atoms with E-state index in [1.807, 2.05) is 25.9 Å². The number of nitrogens with zero attached hydrogens (tertiary/aromatic N) is 5. The summed E-state index contributed by atoms with van der Waals surface area (Å²) in [5, 5.41) is 9.92. The number of amides is 1. The molecule has 22 heavy (non-hydrogen) atoms. The van der Waals surface area contributed by atoms with Crippen LogP contribution in [0.15, 0.2) is 11.3 Å². The first-order valence-electron chi connectivity index (χ1n) is 7.16. The highest BCUT2D eigenvalue weighted by Gasteiger charge is 2.10. The monoisotopic (exact) mass is 311 g/mol. The SMILES string of the molecule is CCNC(=NCC(=O)NCCOC)N(C)Cc1ncnn1C. The molecule has 124 valence electrons. The van der Waals surface area contributed by atoms with E-state index in [1.54, 1.807) is 11.8 Å². The molecule has 9 heteroatoms. The van der Waals surface area contributed by atoms with Crippen molar-refractivity contribution in [2.75, 3.05) is 40.4 Å². The lowest BCUT2D eigenvalue weighted by Crippen LogP contribution is -2.40. The lowest BCUT2D eigenvalue weighted by Gasteiger charge is -2.21. The third kappa shape index (κ3) is 6.08. The molecule has 0 atom stereocenters. The largest absolute Gasteiger partial charge is 0.383 e. The van der Waals surface area contributed by atoms with Crippen LogP contribution in [0.3, 0.4) is 0 Å². The Balaban J connectivity index is 2.57. The van der Waals surface area contributed by atoms with Crippen LogP contribution in [0.1, 0.15) is 12.7 Å². The van der Waals surface area contributed by atoms with Crippen molar-refractivity contribution in [2.45, 2.75) is 13.5 Å². The van der Waals surface area contributed by atoms with Gasteiger partial charge in [-0.2, -0.15) is 5.10 Å². The minimum absolute atomic E-state index is 0.0647. The fraction of sp³-hybridized carbons (Fsp3) is 0.692. The Morgan fingerprint density at radius 3 is 2.86 bits per heavy atom. The number of guanidine groups is 1. The van der Waals surface area contributed by atoms with E-state index in [-0.39, 0.29) is 12.5 Å². The van der Waals surface area contributed by atoms with Crippen molar-refractivity contribution in [3.05, 3.63) is 12.2 Å². The highest BCUT2D eigenvalue weighted by molar-refractivity contribution is 5.84. The predicted molar refractivity (Wildman–Crippen MR) is 83.3 cm³/mol. The van der Waals surface area contributed by atoms with Crippen molar-refractivity contribution in [1.29, 1.82) is 0 Å². The van der Waals surface area contributed by atoms with E-state index in [4.69, 9.17) is 4.74 Å². The van der Waals surface area contributed by atoms with E-state index >= 15 is 0 Å². The van der Waals surface area contributed by atoms with Crippen LogP contribution in [0.4, 0.5) is 0 Å². The molecule has 0 aliphatic rings. The summed E-state index contributed by atoms with van der Waals surface area (Å²) < 4.78 is 6.58. The standard InChI is InChI=1S/C13H25N7O2/c1-5-14-13(16-8-12(21)15-6-7-22-4)19(2)9-11-17-10-18-20(11)3/h10H,5-9H2,1-4H3,(H,14,16)(H,15,21). The fourth-order valence-corrected chi connectivity index (χ4v) is 1.72. The minimum atomic E-state index is -0.139. The third-order valence-corrected chi connectivity index (χ3v) is 2.88. The maximum Gasteiger partial charge on any atom is 0.241 e. The number of nitrogens with one attached hydrogen (secondary N) is 2. The summed E-state index contributed by atoms with van der Waals surface area (Å²) in [5.74, 6) is 1.32. The number of carbonyl (C=O) groups excluding carboxylic acids is 1. The van der Waals surface area contributed by atoms with Gasteiger partial charge in [-0.1, -0.05) is 0 Å². The highest BCUT2D eigenvalue weighted by atomic mass is 16.5. The molecule has 1 heterocycles. The molecule has 1 aromatic heterocycles. The Labute approximate surface area is 130 Å². The van der Waals surface area contributed by atoms with Gasteiger partial charge in [0.05, 0.1) is 13.2 Å². The fourth-order valence-electron chi connectivity index (χ4n) is 1.72. The van der Waals surface area contributed by atoms with Gasteiger partial charge >= 0.3 is 0 Å². The number of hydrogen-bond donors (Lipinski definition) is 2. The lowest BCUT2D eigenvalue weighted by atomic mass is 10.5. The number of aliphatic imine (C=N–C) groups is 1. The summed E-state index contributed by atoms with van der Waals surface area (Å²) in [7, 11) is 5.32. The first-order valence-corrected chi connectivity index (χ1v) is 7.16. The molecule has 0 bridgehead atoms. The van der Waals surface area contributed by atoms with Crippen LogP contribution >= 0.6 is 0 Å². The topological polar surface area (TPSA) is 96.7 Å². The molecule has 0 unspecified atom stereocenters. The number of carbonyl (C=O) groups is 1. The molecule has 0 fully saturated rings. The first-order chi connectivity index (χ1) is 10.6. The van der Waals surface area contributed by atoms with Gasteiger partial charge in [0, 0.05) is 34.3 Å². The van der Waals surface area contributed by atoms with Gasteiger partial charge in [-0.25, -0.2) is 9.98 Å². The maximum absolute atomic E-state index is 11.7. The van der Waals surface area contributed by atoms with Crippen molar-refractivity contribution < 1.29 is 9.53 Å². The number of methoxy groups -OCH3 is 1. The van der Waals surface area contributed by atoms with Gasteiger partial charge in [0.15, 0.2) is 5.96 Å². The number of aryl methyl sites for hydroxylation is 1. The smallest absolute Gasteiger partial charge is 0.241 e. The van der Waals surface area contributed by atoms with Gasteiger partial charge in [-0.3, -0.25) is 9.48 Å². The van der Waals surface area contributed by atoms with Crippen LogP contribution in [0, 0.1) is 0 Å². The van der Waals surface area contributed by atoms with E-state index in [1.165, 1.54) is 6.33 Å². The molecule has 1 aromatic rings. The molecule has 1 amide bonds.